The van der Waals surface area contributed by atoms with E-state index in [0.717, 1.165) is 16.5 Å². The Balaban J connectivity index is 1.65. The van der Waals surface area contributed by atoms with Crippen LogP contribution in [0, 0.1) is 6.92 Å². The van der Waals surface area contributed by atoms with Gasteiger partial charge in [-0.1, -0.05) is 29.8 Å². The minimum Gasteiger partial charge on any atom is -0.484 e. The van der Waals surface area contributed by atoms with Crippen LogP contribution in [0.1, 0.15) is 24.1 Å². The lowest BCUT2D eigenvalue weighted by molar-refractivity contribution is -0.123. The molecule has 0 spiro atoms. The summed E-state index contributed by atoms with van der Waals surface area (Å²) in [4.78, 5) is 23.6. The van der Waals surface area contributed by atoms with Gasteiger partial charge < -0.3 is 14.5 Å². The quantitative estimate of drug-likeness (QED) is 0.688. The molecular weight excluding hydrogens is 354 g/mol. The first-order valence-electron chi connectivity index (χ1n) is 8.15. The Hall–Kier alpha value is -2.79. The first-order chi connectivity index (χ1) is 12.4. The second kappa shape index (κ2) is 7.62. The van der Waals surface area contributed by atoms with Gasteiger partial charge >= 0.3 is 5.63 Å². The zero-order valence-corrected chi connectivity index (χ0v) is 15.2. The van der Waals surface area contributed by atoms with E-state index in [0.29, 0.717) is 16.4 Å². The van der Waals surface area contributed by atoms with Gasteiger partial charge in [-0.2, -0.15) is 0 Å². The highest BCUT2D eigenvalue weighted by atomic mass is 35.5. The number of halogens is 1. The molecule has 2 aromatic carbocycles. The molecule has 0 bridgehead atoms. The number of hydrogen-bond acceptors (Lipinski definition) is 4. The van der Waals surface area contributed by atoms with Gasteiger partial charge in [-0.05, 0) is 43.2 Å². The smallest absolute Gasteiger partial charge is 0.336 e. The number of aryl methyl sites for hydroxylation is 1. The lowest BCUT2D eigenvalue weighted by Gasteiger charge is -2.16. The van der Waals surface area contributed by atoms with Crippen LogP contribution in [0.15, 0.2) is 57.7 Å². The van der Waals surface area contributed by atoms with E-state index in [1.807, 2.05) is 32.0 Å². The van der Waals surface area contributed by atoms with Crippen LogP contribution >= 0.6 is 11.6 Å². The van der Waals surface area contributed by atoms with E-state index in [2.05, 4.69) is 5.32 Å². The number of benzene rings is 2. The van der Waals surface area contributed by atoms with E-state index in [4.69, 9.17) is 20.8 Å². The lowest BCUT2D eigenvalue weighted by atomic mass is 10.1. The van der Waals surface area contributed by atoms with E-state index >= 15 is 0 Å². The second-order valence-electron chi connectivity index (χ2n) is 6.01. The summed E-state index contributed by atoms with van der Waals surface area (Å²) >= 11 is 6.14. The van der Waals surface area contributed by atoms with Crippen molar-refractivity contribution in [1.29, 1.82) is 0 Å². The maximum Gasteiger partial charge on any atom is 0.336 e. The van der Waals surface area contributed by atoms with Crippen molar-refractivity contribution in [3.63, 3.8) is 0 Å². The fourth-order valence-corrected chi connectivity index (χ4v) is 3.03. The van der Waals surface area contributed by atoms with Crippen LogP contribution in [-0.2, 0) is 4.79 Å². The van der Waals surface area contributed by atoms with Gasteiger partial charge in [-0.3, -0.25) is 4.79 Å². The van der Waals surface area contributed by atoms with E-state index in [1.54, 1.807) is 24.3 Å². The van der Waals surface area contributed by atoms with E-state index in [9.17, 15) is 9.59 Å². The lowest BCUT2D eigenvalue weighted by Crippen LogP contribution is -2.31. The Labute approximate surface area is 155 Å². The van der Waals surface area contributed by atoms with E-state index in [-0.39, 0.29) is 18.6 Å². The maximum absolute atomic E-state index is 12.1. The molecule has 134 valence electrons. The van der Waals surface area contributed by atoms with Gasteiger partial charge in [0.05, 0.1) is 6.04 Å². The SMILES string of the molecule is Cc1cc(=O)oc2cc(OCC(=O)NC(C)c3ccccc3Cl)ccc12. The number of ether oxygens (including phenoxy) is 1. The van der Waals surface area contributed by atoms with Crippen LogP contribution in [-0.4, -0.2) is 12.5 Å². The van der Waals surface area contributed by atoms with Gasteiger partial charge in [-0.15, -0.1) is 0 Å². The van der Waals surface area contributed by atoms with E-state index < -0.39 is 5.63 Å². The molecular formula is C20H18ClNO4. The molecule has 0 saturated carbocycles. The third-order valence-electron chi connectivity index (χ3n) is 4.04. The topological polar surface area (TPSA) is 68.5 Å². The zero-order valence-electron chi connectivity index (χ0n) is 14.4. The number of fused-ring (bicyclic) bond motifs is 1. The molecule has 0 saturated heterocycles. The molecule has 1 amide bonds. The molecule has 0 aliphatic carbocycles. The van der Waals surface area contributed by atoms with Gasteiger partial charge in [0.1, 0.15) is 11.3 Å². The molecule has 0 aliphatic heterocycles. The highest BCUT2D eigenvalue weighted by Gasteiger charge is 2.13. The van der Waals surface area contributed by atoms with Crippen LogP contribution < -0.4 is 15.7 Å². The van der Waals surface area contributed by atoms with Gasteiger partial charge in [0.15, 0.2) is 6.61 Å². The van der Waals surface area contributed by atoms with Crippen molar-refractivity contribution in [2.45, 2.75) is 19.9 Å². The molecule has 0 radical (unpaired) electrons. The molecule has 3 aromatic rings. The monoisotopic (exact) mass is 371 g/mol. The Bertz CT molecular complexity index is 1010. The minimum atomic E-state index is -0.418. The van der Waals surface area contributed by atoms with Crippen molar-refractivity contribution in [2.24, 2.45) is 0 Å². The van der Waals surface area contributed by atoms with Crippen LogP contribution in [0.25, 0.3) is 11.0 Å². The van der Waals surface area contributed by atoms with Crippen molar-refractivity contribution in [3.8, 4) is 5.75 Å². The van der Waals surface area contributed by atoms with Gasteiger partial charge in [-0.25, -0.2) is 4.79 Å². The Morgan fingerprint density at radius 1 is 1.23 bits per heavy atom. The van der Waals surface area contributed by atoms with E-state index in [1.165, 1.54) is 6.07 Å². The third kappa shape index (κ3) is 4.06. The van der Waals surface area contributed by atoms with Crippen molar-refractivity contribution in [3.05, 3.63) is 75.1 Å². The van der Waals surface area contributed by atoms with Gasteiger partial charge in [0.2, 0.25) is 0 Å². The fraction of sp³-hybridized carbons (Fsp3) is 0.200. The van der Waals surface area contributed by atoms with Crippen LogP contribution in [0.5, 0.6) is 5.75 Å². The Morgan fingerprint density at radius 2 is 2.00 bits per heavy atom. The predicted molar refractivity (Wildman–Crippen MR) is 101 cm³/mol. The van der Waals surface area contributed by atoms with Crippen molar-refractivity contribution >= 4 is 28.5 Å². The highest BCUT2D eigenvalue weighted by molar-refractivity contribution is 6.31. The maximum atomic E-state index is 12.1. The third-order valence-corrected chi connectivity index (χ3v) is 4.39. The molecule has 26 heavy (non-hydrogen) atoms. The van der Waals surface area contributed by atoms with Crippen LogP contribution in [0.4, 0.5) is 0 Å². The Morgan fingerprint density at radius 3 is 2.77 bits per heavy atom. The second-order valence-corrected chi connectivity index (χ2v) is 6.41. The summed E-state index contributed by atoms with van der Waals surface area (Å²) in [5.74, 6) is 0.176. The molecule has 3 rings (SSSR count). The van der Waals surface area contributed by atoms with Gasteiger partial charge in [0, 0.05) is 22.5 Å². The number of nitrogens with one attached hydrogen (secondary N) is 1. The number of amides is 1. The molecule has 0 fully saturated rings. The summed E-state index contributed by atoms with van der Waals surface area (Å²) in [6, 6.07) is 13.7. The summed E-state index contributed by atoms with van der Waals surface area (Å²) in [5, 5.41) is 4.27. The Kier molecular flexibility index (Phi) is 5.28. The average Bonchev–Trinajstić information content (AvgIpc) is 2.59. The minimum absolute atomic E-state index is 0.156. The zero-order chi connectivity index (χ0) is 18.7. The van der Waals surface area contributed by atoms with Crippen LogP contribution in [0.2, 0.25) is 5.02 Å². The molecule has 1 N–H and O–H groups in total. The molecule has 1 aromatic heterocycles. The number of carbonyl (C=O) groups excluding carboxylic acids is 1. The largest absolute Gasteiger partial charge is 0.484 e. The summed E-state index contributed by atoms with van der Waals surface area (Å²) < 4.78 is 10.7. The summed E-state index contributed by atoms with van der Waals surface area (Å²) in [6.45, 7) is 3.53. The number of hydrogen-bond donors (Lipinski definition) is 1. The van der Waals surface area contributed by atoms with Crippen molar-refractivity contribution in [1.82, 2.24) is 5.32 Å². The molecule has 1 unspecified atom stereocenters. The molecule has 1 heterocycles. The number of carbonyl (C=O) groups is 1. The predicted octanol–water partition coefficient (Wildman–Crippen LogP) is 4.01. The van der Waals surface area contributed by atoms with Crippen LogP contribution in [0.3, 0.4) is 0 Å². The molecule has 6 heteroatoms. The van der Waals surface area contributed by atoms with Crippen molar-refractivity contribution in [2.75, 3.05) is 6.61 Å². The first-order valence-corrected chi connectivity index (χ1v) is 8.53. The fourth-order valence-electron chi connectivity index (χ4n) is 2.73. The summed E-state index contributed by atoms with van der Waals surface area (Å²) in [7, 11) is 0. The standard InChI is InChI=1S/C20H18ClNO4/c1-12-9-20(24)26-18-10-14(7-8-15(12)18)25-11-19(23)22-13(2)16-5-3-4-6-17(16)21/h3-10,13H,11H2,1-2H3,(H,22,23). The summed E-state index contributed by atoms with van der Waals surface area (Å²) in [5.41, 5.74) is 1.68. The number of rotatable bonds is 5. The molecule has 1 atom stereocenters. The molecule has 0 aliphatic rings. The molecule has 5 nitrogen and oxygen atoms in total. The first kappa shape index (κ1) is 18.0. The van der Waals surface area contributed by atoms with Gasteiger partial charge in [0.25, 0.3) is 5.91 Å². The normalized spacial score (nSPS) is 12.0. The highest BCUT2D eigenvalue weighted by Crippen LogP contribution is 2.23. The summed E-state index contributed by atoms with van der Waals surface area (Å²) in [6.07, 6.45) is 0. The van der Waals surface area contributed by atoms with Crippen molar-refractivity contribution < 1.29 is 13.9 Å². The average molecular weight is 372 g/mol.